The molecule has 2 aromatic rings. The molecule has 0 atom stereocenters. The quantitative estimate of drug-likeness (QED) is 0.855. The number of methoxy groups -OCH3 is 1. The van der Waals surface area contributed by atoms with Crippen molar-refractivity contribution in [1.82, 2.24) is 10.2 Å². The molecular formula is C14H13N3O4. The molecule has 1 aromatic carbocycles. The third-order valence-corrected chi connectivity index (χ3v) is 3.00. The first-order chi connectivity index (χ1) is 10.3. The number of carbonyl (C=O) groups excluding carboxylic acids is 1. The maximum absolute atomic E-state index is 11.3. The first-order valence-electron chi connectivity index (χ1n) is 6.31. The highest BCUT2D eigenvalue weighted by Gasteiger charge is 2.17. The Balaban J connectivity index is 1.68. The van der Waals surface area contributed by atoms with E-state index in [4.69, 9.17) is 9.47 Å². The molecule has 1 aromatic heterocycles. The Morgan fingerprint density at radius 2 is 2.19 bits per heavy atom. The third-order valence-electron chi connectivity index (χ3n) is 3.00. The second-order valence-electron chi connectivity index (χ2n) is 4.30. The van der Waals surface area contributed by atoms with Gasteiger partial charge in [-0.1, -0.05) is 12.1 Å². The summed E-state index contributed by atoms with van der Waals surface area (Å²) in [7, 11) is 1.30. The van der Waals surface area contributed by atoms with E-state index in [0.717, 1.165) is 17.1 Å². The fourth-order valence-electron chi connectivity index (χ4n) is 1.96. The smallest absolute Gasteiger partial charge is 0.358 e. The van der Waals surface area contributed by atoms with Gasteiger partial charge in [-0.25, -0.2) is 4.79 Å². The molecule has 1 aliphatic rings. The number of rotatable bonds is 4. The number of aromatic nitrogens is 2. The van der Waals surface area contributed by atoms with Gasteiger partial charge in [-0.15, -0.1) is 10.2 Å². The van der Waals surface area contributed by atoms with Crippen LogP contribution in [0.15, 0.2) is 30.3 Å². The normalized spacial score (nSPS) is 12.0. The lowest BCUT2D eigenvalue weighted by molar-refractivity contribution is 0.0592. The minimum absolute atomic E-state index is 0.167. The van der Waals surface area contributed by atoms with Crippen molar-refractivity contribution in [3.63, 3.8) is 0 Å². The summed E-state index contributed by atoms with van der Waals surface area (Å²) in [5.41, 5.74) is 1.13. The number of nitrogens with one attached hydrogen (secondary N) is 1. The molecule has 0 unspecified atom stereocenters. The second kappa shape index (κ2) is 5.66. The minimum Gasteiger partial charge on any atom is -0.464 e. The lowest BCUT2D eigenvalue weighted by Crippen LogP contribution is -2.08. The number of nitrogens with zero attached hydrogens (tertiary/aromatic N) is 2. The number of hydrogen-bond donors (Lipinski definition) is 1. The van der Waals surface area contributed by atoms with E-state index in [1.54, 1.807) is 12.1 Å². The van der Waals surface area contributed by atoms with Crippen LogP contribution in [0, 0.1) is 0 Å². The molecule has 7 nitrogen and oxygen atoms in total. The van der Waals surface area contributed by atoms with E-state index in [1.165, 1.54) is 7.11 Å². The van der Waals surface area contributed by atoms with Crippen molar-refractivity contribution in [1.29, 1.82) is 0 Å². The molecule has 3 rings (SSSR count). The first-order valence-corrected chi connectivity index (χ1v) is 6.31. The SMILES string of the molecule is COC(=O)c1ccc(NCc2cccc3c2OCO3)nn1. The monoisotopic (exact) mass is 287 g/mol. The average molecular weight is 287 g/mol. The van der Waals surface area contributed by atoms with Crippen LogP contribution in [0.4, 0.5) is 5.82 Å². The molecule has 2 heterocycles. The second-order valence-corrected chi connectivity index (χ2v) is 4.30. The summed E-state index contributed by atoms with van der Waals surface area (Å²) in [6, 6.07) is 8.92. The van der Waals surface area contributed by atoms with Gasteiger partial charge in [0.2, 0.25) is 6.79 Å². The van der Waals surface area contributed by atoms with Gasteiger partial charge >= 0.3 is 5.97 Å². The topological polar surface area (TPSA) is 82.6 Å². The van der Waals surface area contributed by atoms with Crippen LogP contribution in [0.25, 0.3) is 0 Å². The molecule has 0 saturated heterocycles. The molecule has 7 heteroatoms. The van der Waals surface area contributed by atoms with Crippen LogP contribution in [0.1, 0.15) is 16.1 Å². The number of para-hydroxylation sites is 1. The van der Waals surface area contributed by atoms with E-state index in [0.29, 0.717) is 12.4 Å². The Hall–Kier alpha value is -2.83. The van der Waals surface area contributed by atoms with Gasteiger partial charge in [0.15, 0.2) is 17.2 Å². The van der Waals surface area contributed by atoms with Crippen LogP contribution in [0.5, 0.6) is 11.5 Å². The summed E-state index contributed by atoms with van der Waals surface area (Å²) in [5.74, 6) is 1.52. The zero-order chi connectivity index (χ0) is 14.7. The number of ether oxygens (including phenoxy) is 3. The van der Waals surface area contributed by atoms with Gasteiger partial charge in [0.25, 0.3) is 0 Å². The molecular weight excluding hydrogens is 274 g/mol. The number of benzene rings is 1. The van der Waals surface area contributed by atoms with Crippen LogP contribution >= 0.6 is 0 Å². The summed E-state index contributed by atoms with van der Waals surface area (Å²) in [6.07, 6.45) is 0. The molecule has 21 heavy (non-hydrogen) atoms. The summed E-state index contributed by atoms with van der Waals surface area (Å²) in [4.78, 5) is 11.3. The first kappa shape index (κ1) is 13.2. The van der Waals surface area contributed by atoms with Crippen LogP contribution in [0.3, 0.4) is 0 Å². The van der Waals surface area contributed by atoms with E-state index >= 15 is 0 Å². The van der Waals surface area contributed by atoms with Crippen molar-refractivity contribution in [3.8, 4) is 11.5 Å². The zero-order valence-electron chi connectivity index (χ0n) is 11.3. The van der Waals surface area contributed by atoms with Crippen molar-refractivity contribution in [2.45, 2.75) is 6.54 Å². The van der Waals surface area contributed by atoms with Crippen LogP contribution in [0.2, 0.25) is 0 Å². The van der Waals surface area contributed by atoms with Gasteiger partial charge in [0, 0.05) is 12.1 Å². The zero-order valence-corrected chi connectivity index (χ0v) is 11.3. The number of esters is 1. The lowest BCUT2D eigenvalue weighted by atomic mass is 10.2. The highest BCUT2D eigenvalue weighted by molar-refractivity contribution is 5.86. The summed E-state index contributed by atoms with van der Waals surface area (Å²) in [5, 5.41) is 10.8. The van der Waals surface area contributed by atoms with E-state index in [-0.39, 0.29) is 12.5 Å². The summed E-state index contributed by atoms with van der Waals surface area (Å²) < 4.78 is 15.3. The Labute approximate surface area is 120 Å². The van der Waals surface area contributed by atoms with Gasteiger partial charge in [0.1, 0.15) is 5.82 Å². The van der Waals surface area contributed by atoms with E-state index < -0.39 is 5.97 Å². The Morgan fingerprint density at radius 1 is 1.29 bits per heavy atom. The van der Waals surface area contributed by atoms with Crippen molar-refractivity contribution in [2.75, 3.05) is 19.2 Å². The predicted octanol–water partition coefficient (Wildman–Crippen LogP) is 1.60. The molecule has 1 N–H and O–H groups in total. The maximum Gasteiger partial charge on any atom is 0.358 e. The van der Waals surface area contributed by atoms with Crippen molar-refractivity contribution in [2.24, 2.45) is 0 Å². The molecule has 1 aliphatic heterocycles. The van der Waals surface area contributed by atoms with Crippen LogP contribution in [-0.2, 0) is 11.3 Å². The molecule has 0 aliphatic carbocycles. The molecule has 0 spiro atoms. The molecule has 0 saturated carbocycles. The summed E-state index contributed by atoms with van der Waals surface area (Å²) in [6.45, 7) is 0.749. The lowest BCUT2D eigenvalue weighted by Gasteiger charge is -2.08. The Kier molecular flexibility index (Phi) is 3.55. The fraction of sp³-hybridized carbons (Fsp3) is 0.214. The van der Waals surface area contributed by atoms with Gasteiger partial charge in [-0.3, -0.25) is 0 Å². The largest absolute Gasteiger partial charge is 0.464 e. The molecule has 108 valence electrons. The Morgan fingerprint density at radius 3 is 2.95 bits per heavy atom. The molecule has 0 fully saturated rings. The maximum atomic E-state index is 11.3. The number of anilines is 1. The average Bonchev–Trinajstić information content (AvgIpc) is 3.02. The van der Waals surface area contributed by atoms with Gasteiger partial charge < -0.3 is 19.5 Å². The van der Waals surface area contributed by atoms with Gasteiger partial charge in [0.05, 0.1) is 7.11 Å². The van der Waals surface area contributed by atoms with Crippen molar-refractivity contribution < 1.29 is 19.0 Å². The van der Waals surface area contributed by atoms with Crippen molar-refractivity contribution >= 4 is 11.8 Å². The molecule has 0 bridgehead atoms. The fourth-order valence-corrected chi connectivity index (χ4v) is 1.96. The third kappa shape index (κ3) is 2.71. The van der Waals surface area contributed by atoms with Gasteiger partial charge in [-0.05, 0) is 18.2 Å². The predicted molar refractivity (Wildman–Crippen MR) is 73.3 cm³/mol. The minimum atomic E-state index is -0.513. The number of fused-ring (bicyclic) bond motifs is 1. The Bertz CT molecular complexity index is 658. The van der Waals surface area contributed by atoms with Crippen molar-refractivity contribution in [3.05, 3.63) is 41.6 Å². The standard InChI is InChI=1S/C14H13N3O4/c1-19-14(18)10-5-6-12(17-16-10)15-7-9-3-2-4-11-13(9)21-8-20-11/h2-6H,7-8H2,1H3,(H,15,17). The van der Waals surface area contributed by atoms with Crippen LogP contribution < -0.4 is 14.8 Å². The summed E-state index contributed by atoms with van der Waals surface area (Å²) >= 11 is 0. The highest BCUT2D eigenvalue weighted by atomic mass is 16.7. The van der Waals surface area contributed by atoms with E-state index in [1.807, 2.05) is 18.2 Å². The van der Waals surface area contributed by atoms with E-state index in [9.17, 15) is 4.79 Å². The number of hydrogen-bond acceptors (Lipinski definition) is 7. The van der Waals surface area contributed by atoms with E-state index in [2.05, 4.69) is 20.3 Å². The molecule has 0 radical (unpaired) electrons. The molecule has 0 amide bonds. The number of carbonyl (C=O) groups is 1. The van der Waals surface area contributed by atoms with Crippen LogP contribution in [-0.4, -0.2) is 30.1 Å². The van der Waals surface area contributed by atoms with Gasteiger partial charge in [-0.2, -0.15) is 0 Å². The highest BCUT2D eigenvalue weighted by Crippen LogP contribution is 2.35.